The van der Waals surface area contributed by atoms with Crippen molar-refractivity contribution in [2.45, 2.75) is 77.8 Å². The molecule has 1 rings (SSSR count). The van der Waals surface area contributed by atoms with Crippen LogP contribution in [0.15, 0.2) is 30.1 Å². The summed E-state index contributed by atoms with van der Waals surface area (Å²) in [7, 11) is 3.91. The predicted octanol–water partition coefficient (Wildman–Crippen LogP) is 2.10. The summed E-state index contributed by atoms with van der Waals surface area (Å²) in [6, 6.07) is 3.62. The summed E-state index contributed by atoms with van der Waals surface area (Å²) in [4.78, 5) is 62.4. The van der Waals surface area contributed by atoms with Crippen LogP contribution in [-0.4, -0.2) is 99.5 Å². The maximum absolute atomic E-state index is 12.0. The maximum Gasteiger partial charge on any atom is 0.315 e. The Labute approximate surface area is 277 Å². The van der Waals surface area contributed by atoms with Crippen LogP contribution in [0, 0.1) is 0 Å². The quantitative estimate of drug-likeness (QED) is 0.0480. The maximum atomic E-state index is 12.0. The smallest absolute Gasteiger partial charge is 0.315 e. The van der Waals surface area contributed by atoms with E-state index in [1.165, 1.54) is 29.4 Å². The number of benzene rings is 1. The van der Waals surface area contributed by atoms with Crippen LogP contribution in [0.1, 0.15) is 86.4 Å². The SMILES string of the molecule is CC.CNCCCCC(C)NC(=O)NC(C=O)CCC=O.CO.CO.N/C(=C\N(N)c1cc(C=O)cc(C=O)c1)CCCF.O=CO. The van der Waals surface area contributed by atoms with Gasteiger partial charge in [-0.2, -0.15) is 0 Å². The fourth-order valence-electron chi connectivity index (χ4n) is 3.21. The molecule has 272 valence electrons. The zero-order valence-electron chi connectivity index (χ0n) is 28.5. The lowest BCUT2D eigenvalue weighted by Crippen LogP contribution is -2.46. The molecule has 0 aliphatic rings. The highest BCUT2D eigenvalue weighted by Gasteiger charge is 2.12. The van der Waals surface area contributed by atoms with Gasteiger partial charge in [-0.15, -0.1) is 0 Å². The topological polar surface area (TPSA) is 254 Å². The number of nitrogens with zero attached hydrogens (tertiary/aromatic N) is 1. The molecule has 1 aromatic rings. The van der Waals surface area contributed by atoms with Gasteiger partial charge in [0.1, 0.15) is 25.1 Å². The van der Waals surface area contributed by atoms with Crippen molar-refractivity contribution < 1.29 is 48.5 Å². The summed E-state index contributed by atoms with van der Waals surface area (Å²) < 4.78 is 12.0. The fraction of sp³-hybridized carbons (Fsp3) is 0.548. The van der Waals surface area contributed by atoms with Crippen molar-refractivity contribution in [3.63, 3.8) is 0 Å². The average Bonchev–Trinajstić information content (AvgIpc) is 3.10. The molecule has 0 aromatic heterocycles. The van der Waals surface area contributed by atoms with Crippen LogP contribution in [0.3, 0.4) is 0 Å². The highest BCUT2D eigenvalue weighted by atomic mass is 19.1. The molecule has 2 amide bonds. The molecule has 0 fully saturated rings. The number of rotatable bonds is 18. The molecule has 0 aliphatic carbocycles. The van der Waals surface area contributed by atoms with Crippen molar-refractivity contribution in [2.24, 2.45) is 11.6 Å². The molecule has 0 radical (unpaired) electrons. The van der Waals surface area contributed by atoms with Gasteiger partial charge in [0.25, 0.3) is 6.47 Å². The molecule has 16 heteroatoms. The van der Waals surface area contributed by atoms with Gasteiger partial charge in [-0.1, -0.05) is 20.3 Å². The molecule has 1 aromatic carbocycles. The number of anilines is 1. The first-order valence-corrected chi connectivity index (χ1v) is 14.8. The predicted molar refractivity (Wildman–Crippen MR) is 182 cm³/mol. The molecule has 15 nitrogen and oxygen atoms in total. The number of unbranched alkanes of at least 4 members (excludes halogenated alkanes) is 1. The summed E-state index contributed by atoms with van der Waals surface area (Å²) in [6.45, 7) is 6.20. The average molecular weight is 677 g/mol. The monoisotopic (exact) mass is 676 g/mol. The lowest BCUT2D eigenvalue weighted by molar-refractivity contribution is -0.123. The number of alkyl halides is 1. The summed E-state index contributed by atoms with van der Waals surface area (Å²) >= 11 is 0. The van der Waals surface area contributed by atoms with Crippen LogP contribution in [0.25, 0.3) is 0 Å². The number of halogens is 1. The second-order valence-electron chi connectivity index (χ2n) is 8.71. The molecule has 47 heavy (non-hydrogen) atoms. The van der Waals surface area contributed by atoms with Crippen LogP contribution in [-0.2, 0) is 14.4 Å². The van der Waals surface area contributed by atoms with Gasteiger partial charge in [0.2, 0.25) is 0 Å². The fourth-order valence-corrected chi connectivity index (χ4v) is 3.21. The standard InChI is InChI=1S/C13H16FN3O2.C13H25N3O3.C2H6.CH2O2.2CH4O/c14-3-1-2-12(15)7-17(16)13-5-10(8-18)4-11(6-13)9-19;1-11(6-3-4-8-14-2)15-13(19)16-12(10-18)7-5-9-17;1-2;2-1-3;2*1-2/h4-9H,1-3,15-16H2;9-12,14H,3-8H2,1-2H3,(H2,15,16,19);1-2H3;1H,(H,2,3);2*2H,1H3/b12-7-;;;;;. The number of carboxylic acid groups (broad SMARTS) is 1. The molecule has 0 saturated carbocycles. The minimum atomic E-state index is -0.596. The van der Waals surface area contributed by atoms with Crippen molar-refractivity contribution in [1.29, 1.82) is 0 Å². The zero-order chi connectivity index (χ0) is 37.5. The molecule has 2 atom stereocenters. The van der Waals surface area contributed by atoms with E-state index < -0.39 is 12.7 Å². The van der Waals surface area contributed by atoms with E-state index in [2.05, 4.69) is 16.0 Å². The highest BCUT2D eigenvalue weighted by molar-refractivity contribution is 5.85. The summed E-state index contributed by atoms with van der Waals surface area (Å²) in [5, 5.41) is 30.5. The van der Waals surface area contributed by atoms with Crippen molar-refractivity contribution in [2.75, 3.05) is 39.5 Å². The molecule has 0 bridgehead atoms. The Balaban J connectivity index is -0.000000201. The van der Waals surface area contributed by atoms with Gasteiger partial charge >= 0.3 is 6.03 Å². The number of nitrogens with two attached hydrogens (primary N) is 2. The number of amides is 2. The largest absolute Gasteiger partial charge is 0.483 e. The zero-order valence-corrected chi connectivity index (χ0v) is 28.5. The minimum absolute atomic E-state index is 0.0650. The second-order valence-corrected chi connectivity index (χ2v) is 8.71. The molecule has 10 N–H and O–H groups in total. The molecular formula is C31H57FN6O9. The number of aliphatic hydroxyl groups is 2. The third-order valence-electron chi connectivity index (χ3n) is 5.20. The third kappa shape index (κ3) is 34.5. The van der Waals surface area contributed by atoms with Crippen LogP contribution in [0.5, 0.6) is 0 Å². The number of hydrogen-bond acceptors (Lipinski definition) is 12. The van der Waals surface area contributed by atoms with E-state index in [1.807, 2.05) is 27.8 Å². The number of carbonyl (C=O) groups excluding carboxylic acids is 5. The first-order chi connectivity index (χ1) is 22.6. The van der Waals surface area contributed by atoms with Gasteiger partial charge in [-0.05, 0) is 70.8 Å². The van der Waals surface area contributed by atoms with E-state index >= 15 is 0 Å². The number of hydrazine groups is 1. The van der Waals surface area contributed by atoms with E-state index in [4.69, 9.17) is 31.7 Å². The molecular weight excluding hydrogens is 619 g/mol. The van der Waals surface area contributed by atoms with Crippen LogP contribution >= 0.6 is 0 Å². The van der Waals surface area contributed by atoms with Gasteiger partial charge in [0.05, 0.1) is 18.4 Å². The van der Waals surface area contributed by atoms with Gasteiger partial charge < -0.3 is 46.6 Å². The lowest BCUT2D eigenvalue weighted by Gasteiger charge is -2.17. The lowest BCUT2D eigenvalue weighted by atomic mass is 10.1. The molecule has 0 saturated heterocycles. The van der Waals surface area contributed by atoms with Crippen molar-refractivity contribution in [1.82, 2.24) is 16.0 Å². The van der Waals surface area contributed by atoms with E-state index in [0.29, 0.717) is 60.6 Å². The Morgan fingerprint density at radius 1 is 0.936 bits per heavy atom. The minimum Gasteiger partial charge on any atom is -0.483 e. The Hall–Kier alpha value is -4.25. The van der Waals surface area contributed by atoms with Crippen LogP contribution in [0.4, 0.5) is 14.9 Å². The molecule has 0 aliphatic heterocycles. The Bertz CT molecular complexity index is 930. The molecule has 2 unspecified atom stereocenters. The van der Waals surface area contributed by atoms with Crippen molar-refractivity contribution in [3.05, 3.63) is 41.2 Å². The van der Waals surface area contributed by atoms with Crippen LogP contribution in [0.2, 0.25) is 0 Å². The Morgan fingerprint density at radius 2 is 1.47 bits per heavy atom. The Kier molecular flexibility index (Phi) is 46.4. The first-order valence-electron chi connectivity index (χ1n) is 14.8. The number of aldehydes is 4. The number of urea groups is 1. The molecule has 0 heterocycles. The number of allylic oxidation sites excluding steroid dienone is 1. The van der Waals surface area contributed by atoms with E-state index in [1.54, 1.807) is 0 Å². The highest BCUT2D eigenvalue weighted by Crippen LogP contribution is 2.17. The van der Waals surface area contributed by atoms with Gasteiger partial charge in [-0.25, -0.2) is 10.6 Å². The van der Waals surface area contributed by atoms with E-state index in [-0.39, 0.29) is 25.0 Å². The number of carbonyl (C=O) groups is 6. The normalized spacial score (nSPS) is 10.6. The van der Waals surface area contributed by atoms with E-state index in [9.17, 15) is 28.4 Å². The molecule has 0 spiro atoms. The third-order valence-corrected chi connectivity index (χ3v) is 5.20. The summed E-state index contributed by atoms with van der Waals surface area (Å²) in [6.07, 6.45) is 8.40. The van der Waals surface area contributed by atoms with Gasteiger partial charge in [0.15, 0.2) is 0 Å². The summed E-state index contributed by atoms with van der Waals surface area (Å²) in [5.41, 5.74) is 7.22. The summed E-state index contributed by atoms with van der Waals surface area (Å²) in [5.74, 6) is 5.77. The van der Waals surface area contributed by atoms with E-state index in [0.717, 1.165) is 46.3 Å². The second kappa shape index (κ2) is 41.8. The van der Waals surface area contributed by atoms with Gasteiger partial charge in [-0.3, -0.25) is 23.8 Å². The number of aliphatic hydroxyl groups excluding tert-OH is 2. The van der Waals surface area contributed by atoms with Crippen LogP contribution < -0.4 is 32.5 Å². The number of nitrogens with one attached hydrogen (secondary N) is 3. The van der Waals surface area contributed by atoms with Gasteiger partial charge in [0, 0.05) is 49.7 Å². The number of hydrogen-bond donors (Lipinski definition) is 8. The van der Waals surface area contributed by atoms with Crippen molar-refractivity contribution in [3.8, 4) is 0 Å². The Morgan fingerprint density at radius 3 is 1.89 bits per heavy atom. The van der Waals surface area contributed by atoms with Crippen molar-refractivity contribution >= 4 is 43.3 Å². The first kappa shape index (κ1) is 52.3.